The van der Waals surface area contributed by atoms with Crippen LogP contribution in [0.25, 0.3) is 0 Å². The lowest BCUT2D eigenvalue weighted by Crippen LogP contribution is -2.29. The molecule has 0 aliphatic heterocycles. The smallest absolute Gasteiger partial charge is 0.265 e. The summed E-state index contributed by atoms with van der Waals surface area (Å²) >= 11 is 3.07. The Bertz CT molecular complexity index is 314. The molecular formula is C7H7BrN2O2. The van der Waals surface area contributed by atoms with Crippen LogP contribution in [0.1, 0.15) is 10.4 Å². The van der Waals surface area contributed by atoms with Crippen LogP contribution in [0, 0.1) is 0 Å². The van der Waals surface area contributed by atoms with E-state index in [0.29, 0.717) is 10.0 Å². The molecule has 0 aromatic heterocycles. The Morgan fingerprint density at radius 1 is 1.58 bits per heavy atom. The minimum Gasteiger partial charge on any atom is -0.507 e. The van der Waals surface area contributed by atoms with Gasteiger partial charge in [-0.1, -0.05) is 0 Å². The second kappa shape index (κ2) is 3.55. The molecule has 1 amide bonds. The maximum Gasteiger partial charge on any atom is 0.265 e. The Morgan fingerprint density at radius 2 is 2.25 bits per heavy atom. The first-order chi connectivity index (χ1) is 5.65. The monoisotopic (exact) mass is 230 g/mol. The fourth-order valence-electron chi connectivity index (χ4n) is 0.731. The van der Waals surface area contributed by atoms with Gasteiger partial charge >= 0.3 is 0 Å². The van der Waals surface area contributed by atoms with Crippen LogP contribution in [-0.4, -0.2) is 11.0 Å². The van der Waals surface area contributed by atoms with Crippen LogP contribution in [0.5, 0.6) is 5.75 Å². The van der Waals surface area contributed by atoms with Gasteiger partial charge in [-0.25, -0.2) is 5.84 Å². The van der Waals surface area contributed by atoms with Gasteiger partial charge in [-0.15, -0.1) is 0 Å². The van der Waals surface area contributed by atoms with Crippen molar-refractivity contribution in [2.24, 2.45) is 5.84 Å². The van der Waals surface area contributed by atoms with Crippen molar-refractivity contribution < 1.29 is 9.90 Å². The van der Waals surface area contributed by atoms with Gasteiger partial charge in [0.25, 0.3) is 5.91 Å². The number of nitrogen functional groups attached to an aromatic ring is 1. The molecule has 0 saturated heterocycles. The summed E-state index contributed by atoms with van der Waals surface area (Å²) in [5.41, 5.74) is 2.38. The third kappa shape index (κ3) is 1.75. The lowest BCUT2D eigenvalue weighted by atomic mass is 10.2. The number of carbonyl (C=O) groups excluding carboxylic acids is 1. The number of carbonyl (C=O) groups is 1. The zero-order valence-electron chi connectivity index (χ0n) is 6.04. The van der Waals surface area contributed by atoms with Crippen molar-refractivity contribution in [3.05, 3.63) is 28.2 Å². The fourth-order valence-corrected chi connectivity index (χ4v) is 1.11. The van der Waals surface area contributed by atoms with E-state index in [2.05, 4.69) is 15.9 Å². The van der Waals surface area contributed by atoms with Gasteiger partial charge in [-0.05, 0) is 34.1 Å². The Balaban J connectivity index is 3.05. The minimum absolute atomic E-state index is 0.0866. The van der Waals surface area contributed by atoms with Gasteiger partial charge in [0.15, 0.2) is 0 Å². The van der Waals surface area contributed by atoms with E-state index in [4.69, 9.17) is 10.9 Å². The number of nitrogens with one attached hydrogen (secondary N) is 1. The molecule has 5 heteroatoms. The van der Waals surface area contributed by atoms with Crippen LogP contribution in [-0.2, 0) is 0 Å². The van der Waals surface area contributed by atoms with E-state index in [1.165, 1.54) is 18.2 Å². The van der Waals surface area contributed by atoms with Crippen molar-refractivity contribution in [2.75, 3.05) is 0 Å². The molecule has 1 aromatic carbocycles. The summed E-state index contributed by atoms with van der Waals surface area (Å²) in [6, 6.07) is 4.37. The Hall–Kier alpha value is -1.07. The summed E-state index contributed by atoms with van der Waals surface area (Å²) in [5.74, 6) is 4.61. The topological polar surface area (TPSA) is 75.3 Å². The molecule has 0 heterocycles. The molecular weight excluding hydrogens is 224 g/mol. The molecule has 0 bridgehead atoms. The second-order valence-electron chi connectivity index (χ2n) is 2.14. The molecule has 4 N–H and O–H groups in total. The third-order valence-corrected chi connectivity index (χ3v) is 1.98. The standard InChI is InChI=1S/C7H7BrN2O2/c8-5-3-4(7(12)10-9)1-2-6(5)11/h1-3,11H,9H2,(H,10,12). The Morgan fingerprint density at radius 3 is 2.75 bits per heavy atom. The van der Waals surface area contributed by atoms with E-state index < -0.39 is 5.91 Å². The maximum absolute atomic E-state index is 10.9. The van der Waals surface area contributed by atoms with Crippen LogP contribution in [0.3, 0.4) is 0 Å². The van der Waals surface area contributed by atoms with Crippen LogP contribution < -0.4 is 11.3 Å². The van der Waals surface area contributed by atoms with Gasteiger partial charge in [0.2, 0.25) is 0 Å². The van der Waals surface area contributed by atoms with Crippen molar-refractivity contribution in [2.45, 2.75) is 0 Å². The van der Waals surface area contributed by atoms with Gasteiger partial charge in [0.05, 0.1) is 4.47 Å². The highest BCUT2D eigenvalue weighted by molar-refractivity contribution is 9.10. The van der Waals surface area contributed by atoms with Crippen molar-refractivity contribution in [3.8, 4) is 5.75 Å². The molecule has 12 heavy (non-hydrogen) atoms. The quantitative estimate of drug-likeness (QED) is 0.379. The zero-order chi connectivity index (χ0) is 9.14. The van der Waals surface area contributed by atoms with Gasteiger partial charge < -0.3 is 5.11 Å². The van der Waals surface area contributed by atoms with E-state index in [-0.39, 0.29) is 5.75 Å². The van der Waals surface area contributed by atoms with Crippen LogP contribution in [0.2, 0.25) is 0 Å². The van der Waals surface area contributed by atoms with Gasteiger partial charge in [0, 0.05) is 5.56 Å². The molecule has 64 valence electrons. The average molecular weight is 231 g/mol. The molecule has 0 saturated carbocycles. The summed E-state index contributed by atoms with van der Waals surface area (Å²) in [4.78, 5) is 10.9. The highest BCUT2D eigenvalue weighted by atomic mass is 79.9. The number of halogens is 1. The number of hydrazine groups is 1. The summed E-state index contributed by atoms with van der Waals surface area (Å²) in [6.07, 6.45) is 0. The van der Waals surface area contributed by atoms with Crippen LogP contribution in [0.4, 0.5) is 0 Å². The SMILES string of the molecule is NNC(=O)c1ccc(O)c(Br)c1. The van der Waals surface area contributed by atoms with E-state index >= 15 is 0 Å². The maximum atomic E-state index is 10.9. The molecule has 0 spiro atoms. The second-order valence-corrected chi connectivity index (χ2v) is 2.99. The number of aromatic hydroxyl groups is 1. The molecule has 0 radical (unpaired) electrons. The normalized spacial score (nSPS) is 9.50. The van der Waals surface area contributed by atoms with Gasteiger partial charge in [0.1, 0.15) is 5.75 Å². The Kier molecular flexibility index (Phi) is 2.67. The largest absolute Gasteiger partial charge is 0.507 e. The number of hydrogen-bond acceptors (Lipinski definition) is 3. The molecule has 0 unspecified atom stereocenters. The first-order valence-corrected chi connectivity index (χ1v) is 3.94. The van der Waals surface area contributed by atoms with Crippen molar-refractivity contribution in [3.63, 3.8) is 0 Å². The van der Waals surface area contributed by atoms with E-state index in [1.54, 1.807) is 0 Å². The number of amides is 1. The number of hydrogen-bond donors (Lipinski definition) is 3. The van der Waals surface area contributed by atoms with E-state index in [0.717, 1.165) is 0 Å². The number of phenols is 1. The number of nitrogens with two attached hydrogens (primary N) is 1. The summed E-state index contributed by atoms with van der Waals surface area (Å²) in [6.45, 7) is 0. The van der Waals surface area contributed by atoms with Crippen molar-refractivity contribution in [1.29, 1.82) is 0 Å². The van der Waals surface area contributed by atoms with E-state index in [9.17, 15) is 4.79 Å². The molecule has 1 aromatic rings. The van der Waals surface area contributed by atoms with Crippen LogP contribution >= 0.6 is 15.9 Å². The number of phenolic OH excluding ortho intramolecular Hbond substituents is 1. The highest BCUT2D eigenvalue weighted by Crippen LogP contribution is 2.23. The molecule has 0 fully saturated rings. The first kappa shape index (κ1) is 9.02. The van der Waals surface area contributed by atoms with Crippen molar-refractivity contribution >= 4 is 21.8 Å². The van der Waals surface area contributed by atoms with Gasteiger partial charge in [-0.2, -0.15) is 0 Å². The fraction of sp³-hybridized carbons (Fsp3) is 0. The Labute approximate surface area is 77.5 Å². The highest BCUT2D eigenvalue weighted by Gasteiger charge is 2.05. The summed E-state index contributed by atoms with van der Waals surface area (Å²) in [7, 11) is 0. The van der Waals surface area contributed by atoms with Crippen LogP contribution in [0.15, 0.2) is 22.7 Å². The molecule has 0 atom stereocenters. The average Bonchev–Trinajstić information content (AvgIpc) is 2.08. The summed E-state index contributed by atoms with van der Waals surface area (Å²) in [5, 5.41) is 9.09. The predicted molar refractivity (Wildman–Crippen MR) is 47.5 cm³/mol. The number of rotatable bonds is 1. The molecule has 4 nitrogen and oxygen atoms in total. The zero-order valence-corrected chi connectivity index (χ0v) is 7.63. The van der Waals surface area contributed by atoms with E-state index in [1.807, 2.05) is 5.43 Å². The predicted octanol–water partition coefficient (Wildman–Crippen LogP) is 0.758. The summed E-state index contributed by atoms with van der Waals surface area (Å²) < 4.78 is 0.462. The minimum atomic E-state index is -0.393. The van der Waals surface area contributed by atoms with Gasteiger partial charge in [-0.3, -0.25) is 10.2 Å². The molecule has 1 rings (SSSR count). The lowest BCUT2D eigenvalue weighted by Gasteiger charge is -2.00. The third-order valence-electron chi connectivity index (χ3n) is 1.34. The molecule has 0 aliphatic carbocycles. The first-order valence-electron chi connectivity index (χ1n) is 3.14. The molecule has 0 aliphatic rings. The number of benzene rings is 1. The lowest BCUT2D eigenvalue weighted by molar-refractivity contribution is 0.0953. The van der Waals surface area contributed by atoms with Crippen molar-refractivity contribution in [1.82, 2.24) is 5.43 Å².